The van der Waals surface area contributed by atoms with Crippen LogP contribution in [0.3, 0.4) is 0 Å². The third-order valence-electron chi connectivity index (χ3n) is 6.68. The van der Waals surface area contributed by atoms with Crippen LogP contribution in [-0.4, -0.2) is 56.8 Å². The van der Waals surface area contributed by atoms with Gasteiger partial charge >= 0.3 is 0 Å². The highest BCUT2D eigenvalue weighted by Crippen LogP contribution is 2.36. The van der Waals surface area contributed by atoms with E-state index in [0.29, 0.717) is 23.5 Å². The van der Waals surface area contributed by atoms with E-state index in [1.165, 1.54) is 29.2 Å². The van der Waals surface area contributed by atoms with E-state index in [1.807, 2.05) is 0 Å². The summed E-state index contributed by atoms with van der Waals surface area (Å²) in [6.07, 6.45) is 5.20. The second-order valence-corrected chi connectivity index (χ2v) is 11.3. The molecule has 1 saturated carbocycles. The molecule has 2 amide bonds. The highest BCUT2D eigenvalue weighted by Gasteiger charge is 2.33. The molecule has 0 unspecified atom stereocenters. The molecule has 0 bridgehead atoms. The first-order chi connectivity index (χ1) is 17.7. The molecule has 1 aliphatic heterocycles. The third kappa shape index (κ3) is 6.51. The van der Waals surface area contributed by atoms with Gasteiger partial charge in [0.2, 0.25) is 28.6 Å². The fourth-order valence-electron chi connectivity index (χ4n) is 4.73. The summed E-state index contributed by atoms with van der Waals surface area (Å²) in [6.45, 7) is 1.33. The Morgan fingerprint density at radius 2 is 1.76 bits per heavy atom. The zero-order chi connectivity index (χ0) is 26.6. The van der Waals surface area contributed by atoms with Gasteiger partial charge < -0.3 is 19.7 Å². The van der Waals surface area contributed by atoms with Gasteiger partial charge in [0.1, 0.15) is 18.4 Å². The molecule has 2 aromatic rings. The molecule has 1 N–H and O–H groups in total. The van der Waals surface area contributed by atoms with Crippen LogP contribution in [0.4, 0.5) is 10.1 Å². The molecule has 0 spiro atoms. The predicted octanol–water partition coefficient (Wildman–Crippen LogP) is 3.19. The van der Waals surface area contributed by atoms with Crippen molar-refractivity contribution in [1.82, 2.24) is 10.2 Å². The van der Waals surface area contributed by atoms with Crippen molar-refractivity contribution >= 4 is 27.5 Å². The number of hydrogen-bond donors (Lipinski definition) is 1. The van der Waals surface area contributed by atoms with Crippen molar-refractivity contribution in [2.45, 2.75) is 57.7 Å². The van der Waals surface area contributed by atoms with E-state index in [4.69, 9.17) is 9.47 Å². The second-order valence-electron chi connectivity index (χ2n) is 9.37. The van der Waals surface area contributed by atoms with Gasteiger partial charge in [-0.15, -0.1) is 0 Å². The molecule has 0 saturated heterocycles. The minimum absolute atomic E-state index is 0.0223. The van der Waals surface area contributed by atoms with E-state index < -0.39 is 34.3 Å². The number of amides is 2. The number of carbonyl (C=O) groups is 2. The Balaban J connectivity index is 1.62. The summed E-state index contributed by atoms with van der Waals surface area (Å²) in [4.78, 5) is 28.4. The summed E-state index contributed by atoms with van der Waals surface area (Å²) >= 11 is 0. The van der Waals surface area contributed by atoms with Crippen LogP contribution in [0, 0.1) is 5.82 Å². The van der Waals surface area contributed by atoms with E-state index in [-0.39, 0.29) is 31.0 Å². The Morgan fingerprint density at radius 1 is 1.08 bits per heavy atom. The van der Waals surface area contributed by atoms with Crippen molar-refractivity contribution in [1.29, 1.82) is 0 Å². The number of rotatable bonds is 10. The fourth-order valence-corrected chi connectivity index (χ4v) is 5.57. The molecule has 2 aliphatic rings. The SMILES string of the molecule is CC[C@H](C(=O)NC1CCCC1)N(Cc1ccc(F)cc1)C(=O)CN(c1ccc2c(c1)OCO2)S(C)(=O)=O. The van der Waals surface area contributed by atoms with Crippen LogP contribution in [0.1, 0.15) is 44.6 Å². The van der Waals surface area contributed by atoms with E-state index in [9.17, 15) is 22.4 Å². The number of hydrogen-bond acceptors (Lipinski definition) is 6. The van der Waals surface area contributed by atoms with Gasteiger partial charge in [-0.1, -0.05) is 31.9 Å². The van der Waals surface area contributed by atoms with E-state index >= 15 is 0 Å². The third-order valence-corrected chi connectivity index (χ3v) is 7.82. The molecule has 0 aromatic heterocycles. The summed E-state index contributed by atoms with van der Waals surface area (Å²) < 4.78 is 50.7. The Kier molecular flexibility index (Phi) is 8.21. The molecule has 1 heterocycles. The summed E-state index contributed by atoms with van der Waals surface area (Å²) in [5, 5.41) is 3.05. The minimum Gasteiger partial charge on any atom is -0.454 e. The van der Waals surface area contributed by atoms with Gasteiger partial charge in [0.25, 0.3) is 0 Å². The summed E-state index contributed by atoms with van der Waals surface area (Å²) in [6, 6.07) is 9.52. The van der Waals surface area contributed by atoms with Crippen molar-refractivity contribution < 1.29 is 31.9 Å². The smallest absolute Gasteiger partial charge is 0.244 e. The number of sulfonamides is 1. The molecule has 1 fully saturated rings. The zero-order valence-electron chi connectivity index (χ0n) is 21.0. The zero-order valence-corrected chi connectivity index (χ0v) is 21.8. The Bertz CT molecular complexity index is 1230. The lowest BCUT2D eigenvalue weighted by Gasteiger charge is -2.33. The number of ether oxygens (including phenoxy) is 2. The normalized spacial score (nSPS) is 15.9. The van der Waals surface area contributed by atoms with Crippen molar-refractivity contribution in [2.75, 3.05) is 23.9 Å². The van der Waals surface area contributed by atoms with Crippen LogP contribution in [0.15, 0.2) is 42.5 Å². The van der Waals surface area contributed by atoms with Crippen LogP contribution in [0.25, 0.3) is 0 Å². The van der Waals surface area contributed by atoms with E-state index in [2.05, 4.69) is 5.32 Å². The Hall–Kier alpha value is -3.34. The summed E-state index contributed by atoms with van der Waals surface area (Å²) in [5.74, 6) is -0.390. The van der Waals surface area contributed by atoms with Gasteiger partial charge in [-0.05, 0) is 49.1 Å². The maximum Gasteiger partial charge on any atom is 0.244 e. The molecular weight excluding hydrogens is 501 g/mol. The molecule has 1 aliphatic carbocycles. The van der Waals surface area contributed by atoms with Crippen LogP contribution >= 0.6 is 0 Å². The van der Waals surface area contributed by atoms with Gasteiger partial charge in [-0.3, -0.25) is 13.9 Å². The van der Waals surface area contributed by atoms with E-state index in [1.54, 1.807) is 25.1 Å². The highest BCUT2D eigenvalue weighted by atomic mass is 32.2. The first-order valence-electron chi connectivity index (χ1n) is 12.4. The Labute approximate surface area is 216 Å². The largest absolute Gasteiger partial charge is 0.454 e. The van der Waals surface area contributed by atoms with Crippen LogP contribution in [0.5, 0.6) is 11.5 Å². The topological polar surface area (TPSA) is 105 Å². The first-order valence-corrected chi connectivity index (χ1v) is 14.2. The van der Waals surface area contributed by atoms with E-state index in [0.717, 1.165) is 36.2 Å². The standard InChI is InChI=1S/C26H32FN3O6S/c1-3-22(26(32)28-20-6-4-5-7-20)29(15-18-8-10-19(27)11-9-18)25(31)16-30(37(2,33)34)21-12-13-23-24(14-21)36-17-35-23/h8-14,20,22H,3-7,15-17H2,1-2H3,(H,28,32)/t22-/m1/s1. The lowest BCUT2D eigenvalue weighted by molar-refractivity contribution is -0.140. The maximum atomic E-state index is 13.7. The number of nitrogens with one attached hydrogen (secondary N) is 1. The summed E-state index contributed by atoms with van der Waals surface area (Å²) in [7, 11) is -3.87. The maximum absolute atomic E-state index is 13.7. The number of halogens is 1. The van der Waals surface area contributed by atoms with Crippen molar-refractivity contribution in [3.05, 3.63) is 53.8 Å². The predicted molar refractivity (Wildman–Crippen MR) is 136 cm³/mol. The molecule has 200 valence electrons. The molecule has 0 radical (unpaired) electrons. The lowest BCUT2D eigenvalue weighted by Crippen LogP contribution is -2.53. The van der Waals surface area contributed by atoms with Crippen molar-refractivity contribution in [3.8, 4) is 11.5 Å². The molecular formula is C26H32FN3O6S. The van der Waals surface area contributed by atoms with Gasteiger partial charge in [-0.2, -0.15) is 0 Å². The highest BCUT2D eigenvalue weighted by molar-refractivity contribution is 7.92. The molecule has 9 nitrogen and oxygen atoms in total. The molecule has 11 heteroatoms. The monoisotopic (exact) mass is 533 g/mol. The number of nitrogens with zero attached hydrogens (tertiary/aromatic N) is 2. The van der Waals surface area contributed by atoms with Gasteiger partial charge in [-0.25, -0.2) is 12.8 Å². The fraction of sp³-hybridized carbons (Fsp3) is 0.462. The van der Waals surface area contributed by atoms with Crippen molar-refractivity contribution in [3.63, 3.8) is 0 Å². The molecule has 2 aromatic carbocycles. The second kappa shape index (κ2) is 11.4. The van der Waals surface area contributed by atoms with Crippen molar-refractivity contribution in [2.24, 2.45) is 0 Å². The Morgan fingerprint density at radius 3 is 2.41 bits per heavy atom. The lowest BCUT2D eigenvalue weighted by atomic mass is 10.1. The number of fused-ring (bicyclic) bond motifs is 1. The van der Waals surface area contributed by atoms with Gasteiger partial charge in [0.15, 0.2) is 11.5 Å². The molecule has 37 heavy (non-hydrogen) atoms. The molecule has 1 atom stereocenters. The van der Waals surface area contributed by atoms with Crippen LogP contribution < -0.4 is 19.1 Å². The summed E-state index contributed by atoms with van der Waals surface area (Å²) in [5.41, 5.74) is 0.862. The average molecular weight is 534 g/mol. The number of benzene rings is 2. The quantitative estimate of drug-likeness (QED) is 0.503. The average Bonchev–Trinajstić information content (AvgIpc) is 3.54. The minimum atomic E-state index is -3.87. The van der Waals surface area contributed by atoms with Crippen LogP contribution in [0.2, 0.25) is 0 Å². The van der Waals surface area contributed by atoms with Crippen LogP contribution in [-0.2, 0) is 26.2 Å². The number of carbonyl (C=O) groups excluding carboxylic acids is 2. The van der Waals surface area contributed by atoms with Gasteiger partial charge in [0, 0.05) is 18.7 Å². The molecule has 4 rings (SSSR count). The first kappa shape index (κ1) is 26.7. The number of anilines is 1. The van der Waals surface area contributed by atoms with Gasteiger partial charge in [0.05, 0.1) is 11.9 Å².